The molecule has 1 atom stereocenters. The number of benzene rings is 1. The van der Waals surface area contributed by atoms with Gasteiger partial charge in [0.2, 0.25) is 0 Å². The third kappa shape index (κ3) is 2.49. The monoisotopic (exact) mass is 272 g/mol. The zero-order chi connectivity index (χ0) is 13.9. The highest BCUT2D eigenvalue weighted by molar-refractivity contribution is 5.92. The summed E-state index contributed by atoms with van der Waals surface area (Å²) < 4.78 is 7.20. The van der Waals surface area contributed by atoms with Gasteiger partial charge in [0.25, 0.3) is 5.91 Å². The van der Waals surface area contributed by atoms with E-state index in [4.69, 9.17) is 4.74 Å². The second-order valence-electron chi connectivity index (χ2n) is 4.83. The van der Waals surface area contributed by atoms with Crippen molar-refractivity contribution in [3.63, 3.8) is 0 Å². The summed E-state index contributed by atoms with van der Waals surface area (Å²) in [6.07, 6.45) is 3.36. The van der Waals surface area contributed by atoms with Crippen molar-refractivity contribution in [2.24, 2.45) is 7.05 Å². The number of aryl methyl sites for hydroxylation is 1. The van der Waals surface area contributed by atoms with Gasteiger partial charge in [-0.3, -0.25) is 9.48 Å². The molecule has 0 bridgehead atoms. The molecular weight excluding hydrogens is 256 g/mol. The lowest BCUT2D eigenvalue weighted by molar-refractivity contribution is 0.0929. The molecule has 0 fully saturated rings. The van der Waals surface area contributed by atoms with Gasteiger partial charge in [0.1, 0.15) is 5.75 Å². The van der Waals surface area contributed by atoms with Gasteiger partial charge in [-0.25, -0.2) is 0 Å². The molecule has 1 N–H and O–H groups in total. The number of hydrogen-bond acceptors (Lipinski definition) is 4. The van der Waals surface area contributed by atoms with Crippen LogP contribution in [-0.2, 0) is 7.05 Å². The summed E-state index contributed by atoms with van der Waals surface area (Å²) in [5.74, 6) is 0.634. The van der Waals surface area contributed by atoms with E-state index in [1.54, 1.807) is 13.2 Å². The topological polar surface area (TPSA) is 69.0 Å². The van der Waals surface area contributed by atoms with Crippen molar-refractivity contribution >= 4 is 5.91 Å². The van der Waals surface area contributed by atoms with Crippen LogP contribution in [0.1, 0.15) is 34.9 Å². The Morgan fingerprint density at radius 3 is 3.10 bits per heavy atom. The normalized spacial score (nSPS) is 17.8. The zero-order valence-corrected chi connectivity index (χ0v) is 11.2. The minimum atomic E-state index is -0.209. The van der Waals surface area contributed by atoms with Crippen LogP contribution in [-0.4, -0.2) is 27.5 Å². The summed E-state index contributed by atoms with van der Waals surface area (Å²) in [6.45, 7) is 0.675. The van der Waals surface area contributed by atoms with E-state index in [1.165, 1.54) is 4.68 Å². The molecule has 2 aromatic rings. The average Bonchev–Trinajstić information content (AvgIpc) is 2.79. The predicted octanol–water partition coefficient (Wildman–Crippen LogP) is 1.46. The molecule has 0 unspecified atom stereocenters. The van der Waals surface area contributed by atoms with E-state index in [1.807, 2.05) is 24.3 Å². The van der Waals surface area contributed by atoms with Crippen molar-refractivity contribution in [2.45, 2.75) is 18.9 Å². The molecule has 6 nitrogen and oxygen atoms in total. The lowest BCUT2D eigenvalue weighted by atomic mass is 10.0. The standard InChI is InChI=1S/C14H16N4O2/c1-18-9-12(16-17-18)14(19)15-11-6-4-8-20-13-7-3-2-5-10(11)13/h2-3,5,7,9,11H,4,6,8H2,1H3,(H,15,19)/t11-/m0/s1. The first kappa shape index (κ1) is 12.7. The first-order chi connectivity index (χ1) is 9.74. The summed E-state index contributed by atoms with van der Waals surface area (Å²) in [4.78, 5) is 12.2. The van der Waals surface area contributed by atoms with Crippen molar-refractivity contribution in [3.8, 4) is 5.75 Å². The quantitative estimate of drug-likeness (QED) is 0.898. The van der Waals surface area contributed by atoms with Crippen LogP contribution in [0, 0.1) is 0 Å². The maximum atomic E-state index is 12.2. The molecule has 20 heavy (non-hydrogen) atoms. The van der Waals surface area contributed by atoms with Crippen molar-refractivity contribution in [1.82, 2.24) is 20.3 Å². The van der Waals surface area contributed by atoms with Gasteiger partial charge in [-0.1, -0.05) is 23.4 Å². The Morgan fingerprint density at radius 2 is 2.30 bits per heavy atom. The van der Waals surface area contributed by atoms with Crippen LogP contribution < -0.4 is 10.1 Å². The summed E-state index contributed by atoms with van der Waals surface area (Å²) in [5, 5.41) is 10.6. The van der Waals surface area contributed by atoms with Gasteiger partial charge in [-0.05, 0) is 18.9 Å². The van der Waals surface area contributed by atoms with Crippen molar-refractivity contribution in [3.05, 3.63) is 41.7 Å². The number of hydrogen-bond donors (Lipinski definition) is 1. The molecule has 0 saturated heterocycles. The number of nitrogens with one attached hydrogen (secondary N) is 1. The fourth-order valence-corrected chi connectivity index (χ4v) is 2.36. The third-order valence-electron chi connectivity index (χ3n) is 3.33. The van der Waals surface area contributed by atoms with E-state index in [9.17, 15) is 4.79 Å². The highest BCUT2D eigenvalue weighted by atomic mass is 16.5. The number of amides is 1. The fourth-order valence-electron chi connectivity index (χ4n) is 2.36. The van der Waals surface area contributed by atoms with Crippen LogP contribution in [0.25, 0.3) is 0 Å². The number of ether oxygens (including phenoxy) is 1. The third-order valence-corrected chi connectivity index (χ3v) is 3.33. The van der Waals surface area contributed by atoms with Crippen LogP contribution >= 0.6 is 0 Å². The molecule has 1 aromatic heterocycles. The van der Waals surface area contributed by atoms with E-state index in [2.05, 4.69) is 15.6 Å². The molecule has 0 spiro atoms. The Bertz CT molecular complexity index is 623. The Balaban J connectivity index is 1.82. The average molecular weight is 272 g/mol. The van der Waals surface area contributed by atoms with Gasteiger partial charge >= 0.3 is 0 Å². The Morgan fingerprint density at radius 1 is 1.45 bits per heavy atom. The number of carbonyl (C=O) groups excluding carboxylic acids is 1. The minimum absolute atomic E-state index is 0.0526. The second kappa shape index (κ2) is 5.32. The molecule has 104 valence electrons. The predicted molar refractivity (Wildman–Crippen MR) is 72.4 cm³/mol. The number of fused-ring (bicyclic) bond motifs is 1. The first-order valence-corrected chi connectivity index (χ1v) is 6.63. The number of carbonyl (C=O) groups is 1. The summed E-state index contributed by atoms with van der Waals surface area (Å²) in [7, 11) is 1.73. The molecule has 0 aliphatic carbocycles. The minimum Gasteiger partial charge on any atom is -0.493 e. The van der Waals surface area contributed by atoms with Crippen molar-refractivity contribution in [1.29, 1.82) is 0 Å². The molecule has 1 aliphatic rings. The van der Waals surface area contributed by atoms with Gasteiger partial charge in [0.05, 0.1) is 18.8 Å². The molecule has 1 aromatic carbocycles. The molecular formula is C14H16N4O2. The molecule has 3 rings (SSSR count). The second-order valence-corrected chi connectivity index (χ2v) is 4.83. The van der Waals surface area contributed by atoms with Crippen LogP contribution in [0.15, 0.2) is 30.5 Å². The zero-order valence-electron chi connectivity index (χ0n) is 11.2. The van der Waals surface area contributed by atoms with E-state index in [0.717, 1.165) is 24.2 Å². The van der Waals surface area contributed by atoms with E-state index in [0.29, 0.717) is 12.3 Å². The van der Waals surface area contributed by atoms with Crippen molar-refractivity contribution in [2.75, 3.05) is 6.61 Å². The van der Waals surface area contributed by atoms with Crippen LogP contribution in [0.2, 0.25) is 0 Å². The molecule has 2 heterocycles. The number of rotatable bonds is 2. The fraction of sp³-hybridized carbons (Fsp3) is 0.357. The number of aromatic nitrogens is 3. The van der Waals surface area contributed by atoms with Gasteiger partial charge < -0.3 is 10.1 Å². The molecule has 0 radical (unpaired) electrons. The summed E-state index contributed by atoms with van der Waals surface area (Å²) in [5.41, 5.74) is 1.34. The van der Waals surface area contributed by atoms with Gasteiger partial charge in [0, 0.05) is 12.6 Å². The highest BCUT2D eigenvalue weighted by Crippen LogP contribution is 2.31. The van der Waals surface area contributed by atoms with Crippen LogP contribution in [0.5, 0.6) is 5.75 Å². The molecule has 6 heteroatoms. The Kier molecular flexibility index (Phi) is 3.37. The summed E-state index contributed by atoms with van der Waals surface area (Å²) >= 11 is 0. The highest BCUT2D eigenvalue weighted by Gasteiger charge is 2.22. The molecule has 1 amide bonds. The maximum absolute atomic E-state index is 12.2. The Labute approximate surface area is 116 Å². The van der Waals surface area contributed by atoms with E-state index in [-0.39, 0.29) is 11.9 Å². The van der Waals surface area contributed by atoms with Crippen LogP contribution in [0.4, 0.5) is 0 Å². The molecule has 1 aliphatic heterocycles. The largest absolute Gasteiger partial charge is 0.493 e. The van der Waals surface area contributed by atoms with Gasteiger partial charge in [-0.2, -0.15) is 0 Å². The van der Waals surface area contributed by atoms with Gasteiger partial charge in [-0.15, -0.1) is 5.10 Å². The molecule has 0 saturated carbocycles. The summed E-state index contributed by atoms with van der Waals surface area (Å²) in [6, 6.07) is 7.76. The van der Waals surface area contributed by atoms with Gasteiger partial charge in [0.15, 0.2) is 5.69 Å². The van der Waals surface area contributed by atoms with Crippen molar-refractivity contribution < 1.29 is 9.53 Å². The van der Waals surface area contributed by atoms with E-state index >= 15 is 0 Å². The smallest absolute Gasteiger partial charge is 0.273 e. The lowest BCUT2D eigenvalue weighted by Gasteiger charge is -2.17. The Hall–Kier alpha value is -2.37. The van der Waals surface area contributed by atoms with E-state index < -0.39 is 0 Å². The van der Waals surface area contributed by atoms with Crippen LogP contribution in [0.3, 0.4) is 0 Å². The SMILES string of the molecule is Cn1cc(C(=O)N[C@H]2CCCOc3ccccc32)nn1. The number of nitrogens with zero attached hydrogens (tertiary/aromatic N) is 3. The lowest BCUT2D eigenvalue weighted by Crippen LogP contribution is -2.28. The number of para-hydroxylation sites is 1. The maximum Gasteiger partial charge on any atom is 0.273 e. The first-order valence-electron chi connectivity index (χ1n) is 6.63.